The summed E-state index contributed by atoms with van der Waals surface area (Å²) in [4.78, 5) is 13.2. The van der Waals surface area contributed by atoms with Gasteiger partial charge in [0.1, 0.15) is 0 Å². The summed E-state index contributed by atoms with van der Waals surface area (Å²) in [7, 11) is 0. The minimum Gasteiger partial charge on any atom is -0.352 e. The Balaban J connectivity index is 1.80. The number of hydrogen-bond donors (Lipinski definition) is 1. The van der Waals surface area contributed by atoms with Crippen LogP contribution in [-0.4, -0.2) is 12.2 Å². The molecule has 0 aromatic heterocycles. The molecule has 1 fully saturated rings. The highest BCUT2D eigenvalue weighted by Gasteiger charge is 2.20. The summed E-state index contributed by atoms with van der Waals surface area (Å²) in [5.74, 6) is 0.493. The van der Waals surface area contributed by atoms with E-state index < -0.39 is 0 Å². The van der Waals surface area contributed by atoms with Crippen LogP contribution in [0.2, 0.25) is 0 Å². The second kappa shape index (κ2) is 6.83. The summed E-state index contributed by atoms with van der Waals surface area (Å²) in [6.45, 7) is 0.657. The summed E-state index contributed by atoms with van der Waals surface area (Å²) in [6.07, 6.45) is 7.91. The highest BCUT2D eigenvalue weighted by Crippen LogP contribution is 2.23. The van der Waals surface area contributed by atoms with E-state index in [1.807, 2.05) is 0 Å². The fourth-order valence-electron chi connectivity index (χ4n) is 2.44. The van der Waals surface area contributed by atoms with Gasteiger partial charge in [-0.25, -0.2) is 0 Å². The van der Waals surface area contributed by atoms with Gasteiger partial charge in [0.05, 0.1) is 0 Å². The molecule has 3 heteroatoms. The van der Waals surface area contributed by atoms with Crippen LogP contribution >= 0.6 is 11.8 Å². The van der Waals surface area contributed by atoms with Crippen molar-refractivity contribution in [3.63, 3.8) is 0 Å². The maximum Gasteiger partial charge on any atom is 0.223 e. The number of amides is 1. The van der Waals surface area contributed by atoms with Crippen LogP contribution in [0.15, 0.2) is 29.2 Å². The number of carbonyl (C=O) groups excluding carboxylic acids is 1. The Morgan fingerprint density at radius 3 is 2.50 bits per heavy atom. The average molecular weight is 263 g/mol. The van der Waals surface area contributed by atoms with Crippen LogP contribution in [0.25, 0.3) is 0 Å². The molecule has 18 heavy (non-hydrogen) atoms. The van der Waals surface area contributed by atoms with Crippen LogP contribution in [0, 0.1) is 5.92 Å². The molecule has 0 radical (unpaired) electrons. The van der Waals surface area contributed by atoms with Crippen molar-refractivity contribution in [3.8, 4) is 0 Å². The number of rotatable bonds is 4. The highest BCUT2D eigenvalue weighted by molar-refractivity contribution is 7.98. The molecule has 0 atom stereocenters. The predicted molar refractivity (Wildman–Crippen MR) is 76.6 cm³/mol. The zero-order valence-corrected chi connectivity index (χ0v) is 11.8. The van der Waals surface area contributed by atoms with Gasteiger partial charge in [-0.1, -0.05) is 31.4 Å². The smallest absolute Gasteiger partial charge is 0.223 e. The second-order valence-corrected chi connectivity index (χ2v) is 5.78. The van der Waals surface area contributed by atoms with Gasteiger partial charge in [0.2, 0.25) is 5.91 Å². The average Bonchev–Trinajstić information content (AvgIpc) is 2.46. The standard InChI is InChI=1S/C15H21NOS/c1-18-14-9-7-12(8-10-14)11-16-15(17)13-5-3-2-4-6-13/h7-10,13H,2-6,11H2,1H3,(H,16,17). The number of thioether (sulfide) groups is 1. The van der Waals surface area contributed by atoms with Crippen molar-refractivity contribution in [2.75, 3.05) is 6.26 Å². The molecule has 0 aliphatic heterocycles. The molecule has 2 nitrogen and oxygen atoms in total. The van der Waals surface area contributed by atoms with Gasteiger partial charge >= 0.3 is 0 Å². The van der Waals surface area contributed by atoms with E-state index in [-0.39, 0.29) is 11.8 Å². The third-order valence-electron chi connectivity index (χ3n) is 3.60. The molecule has 0 spiro atoms. The summed E-state index contributed by atoms with van der Waals surface area (Å²) in [5.41, 5.74) is 1.18. The molecule has 1 saturated carbocycles. The van der Waals surface area contributed by atoms with E-state index in [0.717, 1.165) is 12.8 Å². The Morgan fingerprint density at radius 1 is 1.22 bits per heavy atom. The Hall–Kier alpha value is -0.960. The van der Waals surface area contributed by atoms with E-state index in [9.17, 15) is 4.79 Å². The summed E-state index contributed by atoms with van der Waals surface area (Å²) < 4.78 is 0. The van der Waals surface area contributed by atoms with Gasteiger partial charge in [0.25, 0.3) is 0 Å². The monoisotopic (exact) mass is 263 g/mol. The molecule has 0 saturated heterocycles. The van der Waals surface area contributed by atoms with Crippen LogP contribution < -0.4 is 5.32 Å². The molecule has 1 aromatic rings. The lowest BCUT2D eigenvalue weighted by Crippen LogP contribution is -2.31. The van der Waals surface area contributed by atoms with E-state index in [1.54, 1.807) is 11.8 Å². The fraction of sp³-hybridized carbons (Fsp3) is 0.533. The number of hydrogen-bond acceptors (Lipinski definition) is 2. The Bertz CT molecular complexity index is 382. The number of nitrogens with one attached hydrogen (secondary N) is 1. The second-order valence-electron chi connectivity index (χ2n) is 4.90. The Kier molecular flexibility index (Phi) is 5.12. The van der Waals surface area contributed by atoms with Gasteiger partial charge < -0.3 is 5.32 Å². The van der Waals surface area contributed by atoms with Crippen molar-refractivity contribution in [3.05, 3.63) is 29.8 Å². The largest absolute Gasteiger partial charge is 0.352 e. The van der Waals surface area contributed by atoms with Gasteiger partial charge in [-0.15, -0.1) is 11.8 Å². The van der Waals surface area contributed by atoms with Crippen LogP contribution in [0.5, 0.6) is 0 Å². The zero-order chi connectivity index (χ0) is 12.8. The first-order chi connectivity index (χ1) is 8.79. The minimum atomic E-state index is 0.239. The molecule has 0 heterocycles. The van der Waals surface area contributed by atoms with Crippen LogP contribution in [-0.2, 0) is 11.3 Å². The minimum absolute atomic E-state index is 0.239. The van der Waals surface area contributed by atoms with Crippen molar-refractivity contribution >= 4 is 17.7 Å². The summed E-state index contributed by atoms with van der Waals surface area (Å²) >= 11 is 1.74. The van der Waals surface area contributed by atoms with E-state index in [4.69, 9.17) is 0 Å². The number of benzene rings is 1. The number of carbonyl (C=O) groups is 1. The first kappa shape index (κ1) is 13.5. The SMILES string of the molecule is CSc1ccc(CNC(=O)C2CCCCC2)cc1. The quantitative estimate of drug-likeness (QED) is 0.841. The first-order valence-corrected chi connectivity index (χ1v) is 7.92. The maximum atomic E-state index is 12.0. The molecule has 1 aliphatic carbocycles. The van der Waals surface area contributed by atoms with Gasteiger partial charge in [-0.2, -0.15) is 0 Å². The molecule has 1 aromatic carbocycles. The van der Waals surface area contributed by atoms with E-state index in [0.29, 0.717) is 6.54 Å². The molecule has 98 valence electrons. The highest BCUT2D eigenvalue weighted by atomic mass is 32.2. The van der Waals surface area contributed by atoms with Crippen molar-refractivity contribution in [1.82, 2.24) is 5.32 Å². The molecule has 1 aliphatic rings. The molecule has 2 rings (SSSR count). The normalized spacial score (nSPS) is 16.5. The van der Waals surface area contributed by atoms with Crippen molar-refractivity contribution < 1.29 is 4.79 Å². The third-order valence-corrected chi connectivity index (χ3v) is 4.35. The van der Waals surface area contributed by atoms with Crippen molar-refractivity contribution in [1.29, 1.82) is 0 Å². The van der Waals surface area contributed by atoms with Crippen molar-refractivity contribution in [2.45, 2.75) is 43.5 Å². The predicted octanol–water partition coefficient (Wildman–Crippen LogP) is 3.61. The van der Waals surface area contributed by atoms with E-state index >= 15 is 0 Å². The van der Waals surface area contributed by atoms with Crippen LogP contribution in [0.1, 0.15) is 37.7 Å². The first-order valence-electron chi connectivity index (χ1n) is 6.70. The molecule has 1 N–H and O–H groups in total. The van der Waals surface area contributed by atoms with E-state index in [2.05, 4.69) is 35.8 Å². The van der Waals surface area contributed by atoms with Gasteiger partial charge in [-0.05, 0) is 36.8 Å². The van der Waals surface area contributed by atoms with Gasteiger partial charge in [0, 0.05) is 17.4 Å². The summed E-state index contributed by atoms with van der Waals surface area (Å²) in [6, 6.07) is 8.39. The topological polar surface area (TPSA) is 29.1 Å². The molecular formula is C15H21NOS. The van der Waals surface area contributed by atoms with Crippen LogP contribution in [0.4, 0.5) is 0 Å². The van der Waals surface area contributed by atoms with Crippen molar-refractivity contribution in [2.24, 2.45) is 5.92 Å². The lowest BCUT2D eigenvalue weighted by molar-refractivity contribution is -0.126. The fourth-order valence-corrected chi connectivity index (χ4v) is 2.85. The van der Waals surface area contributed by atoms with Gasteiger partial charge in [-0.3, -0.25) is 4.79 Å². The Labute approximate surface area is 114 Å². The van der Waals surface area contributed by atoms with Crippen LogP contribution in [0.3, 0.4) is 0 Å². The molecule has 1 amide bonds. The Morgan fingerprint density at radius 2 is 1.89 bits per heavy atom. The van der Waals surface area contributed by atoms with Gasteiger partial charge in [0.15, 0.2) is 0 Å². The third kappa shape index (κ3) is 3.77. The lowest BCUT2D eigenvalue weighted by Gasteiger charge is -2.20. The maximum absolute atomic E-state index is 12.0. The summed E-state index contributed by atoms with van der Waals surface area (Å²) in [5, 5.41) is 3.06. The van der Waals surface area contributed by atoms with E-state index in [1.165, 1.54) is 29.7 Å². The molecular weight excluding hydrogens is 242 g/mol. The molecule has 0 bridgehead atoms. The molecule has 0 unspecified atom stereocenters. The zero-order valence-electron chi connectivity index (χ0n) is 10.9. The lowest BCUT2D eigenvalue weighted by atomic mass is 9.88.